The molecule has 0 radical (unpaired) electrons. The molecule has 2 aromatic heterocycles. The Bertz CT molecular complexity index is 783. The molecule has 0 aliphatic rings. The van der Waals surface area contributed by atoms with Crippen LogP contribution in [0.15, 0.2) is 20.8 Å². The van der Waals surface area contributed by atoms with Crippen molar-refractivity contribution in [2.75, 3.05) is 6.61 Å². The highest BCUT2D eigenvalue weighted by atomic mass is 16.5. The van der Waals surface area contributed by atoms with Gasteiger partial charge in [-0.25, -0.2) is 4.79 Å². The van der Waals surface area contributed by atoms with Crippen LogP contribution in [0.3, 0.4) is 0 Å². The van der Waals surface area contributed by atoms with Crippen LogP contribution in [0, 0.1) is 0 Å². The third kappa shape index (κ3) is 4.04. The van der Waals surface area contributed by atoms with Gasteiger partial charge in [-0.15, -0.1) is 10.2 Å². The molecule has 0 atom stereocenters. The van der Waals surface area contributed by atoms with Crippen molar-refractivity contribution in [3.63, 3.8) is 0 Å². The van der Waals surface area contributed by atoms with Gasteiger partial charge in [0.25, 0.3) is 0 Å². The lowest BCUT2D eigenvalue weighted by atomic mass is 9.93. The number of carbonyl (C=O) groups is 1. The first-order valence-electron chi connectivity index (χ1n) is 8.00. The molecule has 0 aliphatic heterocycles. The number of ether oxygens (including phenoxy) is 1. The van der Waals surface area contributed by atoms with Gasteiger partial charge in [0, 0.05) is 23.4 Å². The number of rotatable bonds is 5. The average molecular weight is 348 g/mol. The molecular weight excluding hydrogens is 326 g/mol. The minimum atomic E-state index is -0.719. The topological polar surface area (TPSA) is 118 Å². The highest BCUT2D eigenvalue weighted by Crippen LogP contribution is 2.33. The molecule has 2 rings (SSSR count). The summed E-state index contributed by atoms with van der Waals surface area (Å²) in [6.45, 7) is 11.3. The summed E-state index contributed by atoms with van der Waals surface area (Å²) in [6, 6.07) is 1.40. The van der Waals surface area contributed by atoms with E-state index in [1.165, 1.54) is 4.68 Å². The zero-order valence-electron chi connectivity index (χ0n) is 15.2. The third-order valence-electron chi connectivity index (χ3n) is 3.29. The molecule has 25 heavy (non-hydrogen) atoms. The maximum atomic E-state index is 12.4. The highest BCUT2D eigenvalue weighted by Gasteiger charge is 2.22. The van der Waals surface area contributed by atoms with Crippen molar-refractivity contribution in [2.45, 2.75) is 53.0 Å². The van der Waals surface area contributed by atoms with E-state index in [1.807, 2.05) is 20.8 Å². The summed E-state index contributed by atoms with van der Waals surface area (Å²) in [4.78, 5) is 12.0. The van der Waals surface area contributed by atoms with Gasteiger partial charge in [0.05, 0.1) is 6.61 Å². The summed E-state index contributed by atoms with van der Waals surface area (Å²) in [6.07, 6.45) is 0. The normalized spacial score (nSPS) is 12.3. The van der Waals surface area contributed by atoms with Gasteiger partial charge in [-0.3, -0.25) is 4.68 Å². The maximum Gasteiger partial charge on any atom is 0.361 e. The Kier molecular flexibility index (Phi) is 5.24. The van der Waals surface area contributed by atoms with E-state index in [1.54, 1.807) is 26.8 Å². The molecule has 9 nitrogen and oxygen atoms in total. The number of carbonyl (C=O) groups excluding carboxylic acids is 1. The summed E-state index contributed by atoms with van der Waals surface area (Å²) >= 11 is 0. The van der Waals surface area contributed by atoms with Crippen LogP contribution < -0.4 is 5.11 Å². The summed E-state index contributed by atoms with van der Waals surface area (Å²) in [5.41, 5.74) is -0.570. The molecule has 2 heterocycles. The van der Waals surface area contributed by atoms with Gasteiger partial charge in [-0.05, 0) is 20.8 Å². The largest absolute Gasteiger partial charge is 0.857 e. The second-order valence-electron chi connectivity index (χ2n) is 6.76. The average Bonchev–Trinajstić information content (AvgIpc) is 3.10. The molecule has 0 spiro atoms. The van der Waals surface area contributed by atoms with Crippen LogP contribution in [0.5, 0.6) is 5.88 Å². The molecule has 2 aromatic rings. The molecular formula is C16H22N5O4-. The van der Waals surface area contributed by atoms with Crippen LogP contribution in [-0.4, -0.2) is 27.5 Å². The number of aromatic nitrogens is 3. The van der Waals surface area contributed by atoms with Crippen LogP contribution in [-0.2, 0) is 10.2 Å². The standard InChI is InChI=1S/C16H23N5O4/c1-7-24-15(23)13-12(14(22)21(19-13)9(2)3)18-17-11-8-10(25-20-11)16(4,5)6/h8-9,22H,7H2,1-6H3/p-1. The molecule has 0 saturated carbocycles. The van der Waals surface area contributed by atoms with Gasteiger partial charge in [-0.2, -0.15) is 5.10 Å². The molecule has 0 aliphatic carbocycles. The lowest BCUT2D eigenvalue weighted by molar-refractivity contribution is -0.279. The first kappa shape index (κ1) is 18.6. The van der Waals surface area contributed by atoms with E-state index in [0.29, 0.717) is 5.76 Å². The number of esters is 1. The second kappa shape index (κ2) is 7.04. The summed E-state index contributed by atoms with van der Waals surface area (Å²) in [5, 5.41) is 28.0. The molecule has 0 N–H and O–H groups in total. The number of hydrogen-bond donors (Lipinski definition) is 0. The van der Waals surface area contributed by atoms with Gasteiger partial charge >= 0.3 is 5.97 Å². The fourth-order valence-electron chi connectivity index (χ4n) is 1.96. The van der Waals surface area contributed by atoms with E-state index in [-0.39, 0.29) is 35.3 Å². The van der Waals surface area contributed by atoms with Gasteiger partial charge < -0.3 is 14.4 Å². The summed E-state index contributed by atoms with van der Waals surface area (Å²) in [7, 11) is 0. The Hall–Kier alpha value is -2.71. The molecule has 0 fully saturated rings. The van der Waals surface area contributed by atoms with Crippen molar-refractivity contribution in [1.82, 2.24) is 14.9 Å². The Morgan fingerprint density at radius 3 is 2.60 bits per heavy atom. The van der Waals surface area contributed by atoms with Crippen LogP contribution in [0.4, 0.5) is 11.5 Å². The Morgan fingerprint density at radius 2 is 2.08 bits per heavy atom. The quantitative estimate of drug-likeness (QED) is 0.603. The Labute approximate surface area is 145 Å². The molecule has 0 aromatic carbocycles. The van der Waals surface area contributed by atoms with Gasteiger partial charge in [0.2, 0.25) is 5.82 Å². The zero-order chi connectivity index (χ0) is 18.8. The molecule has 0 amide bonds. The van der Waals surface area contributed by atoms with Crippen LogP contribution in [0.1, 0.15) is 63.8 Å². The molecule has 0 unspecified atom stereocenters. The van der Waals surface area contributed by atoms with E-state index in [2.05, 4.69) is 20.5 Å². The monoisotopic (exact) mass is 348 g/mol. The molecule has 136 valence electrons. The zero-order valence-corrected chi connectivity index (χ0v) is 15.2. The van der Waals surface area contributed by atoms with E-state index >= 15 is 0 Å². The second-order valence-corrected chi connectivity index (χ2v) is 6.76. The van der Waals surface area contributed by atoms with Crippen LogP contribution >= 0.6 is 0 Å². The van der Waals surface area contributed by atoms with E-state index in [0.717, 1.165) is 0 Å². The predicted octanol–water partition coefficient (Wildman–Crippen LogP) is 3.42. The Balaban J connectivity index is 2.40. The lowest BCUT2D eigenvalue weighted by Crippen LogP contribution is -2.10. The molecule has 0 saturated heterocycles. The SMILES string of the molecule is CCOC(=O)c1nn(C(C)C)c([O-])c1N=Nc1cc(C(C)(C)C)on1. The van der Waals surface area contributed by atoms with Crippen molar-refractivity contribution in [3.8, 4) is 5.88 Å². The van der Waals surface area contributed by atoms with E-state index in [9.17, 15) is 9.90 Å². The number of hydrogen-bond acceptors (Lipinski definition) is 8. The smallest absolute Gasteiger partial charge is 0.361 e. The van der Waals surface area contributed by atoms with Crippen molar-refractivity contribution < 1.29 is 19.2 Å². The van der Waals surface area contributed by atoms with Crippen LogP contribution in [0.25, 0.3) is 0 Å². The summed E-state index contributed by atoms with van der Waals surface area (Å²) < 4.78 is 11.3. The van der Waals surface area contributed by atoms with Gasteiger partial charge in [-0.1, -0.05) is 25.9 Å². The van der Waals surface area contributed by atoms with Crippen molar-refractivity contribution >= 4 is 17.5 Å². The third-order valence-corrected chi connectivity index (χ3v) is 3.29. The molecule has 9 heteroatoms. The Morgan fingerprint density at radius 1 is 1.40 bits per heavy atom. The highest BCUT2D eigenvalue weighted by molar-refractivity contribution is 5.93. The summed E-state index contributed by atoms with van der Waals surface area (Å²) in [5.74, 6) is -0.395. The van der Waals surface area contributed by atoms with Gasteiger partial charge in [0.1, 0.15) is 11.4 Å². The van der Waals surface area contributed by atoms with Gasteiger partial charge in [0.15, 0.2) is 5.69 Å². The fourth-order valence-corrected chi connectivity index (χ4v) is 1.96. The van der Waals surface area contributed by atoms with E-state index < -0.39 is 11.8 Å². The fraction of sp³-hybridized carbons (Fsp3) is 0.562. The van der Waals surface area contributed by atoms with Crippen molar-refractivity contribution in [2.24, 2.45) is 10.2 Å². The number of azo groups is 1. The molecule has 0 bridgehead atoms. The first-order chi connectivity index (χ1) is 11.6. The first-order valence-corrected chi connectivity index (χ1v) is 8.00. The maximum absolute atomic E-state index is 12.4. The lowest BCUT2D eigenvalue weighted by Gasteiger charge is -2.13. The van der Waals surface area contributed by atoms with Crippen molar-refractivity contribution in [3.05, 3.63) is 17.5 Å². The number of nitrogens with zero attached hydrogens (tertiary/aromatic N) is 5. The van der Waals surface area contributed by atoms with E-state index in [4.69, 9.17) is 9.26 Å². The van der Waals surface area contributed by atoms with Crippen molar-refractivity contribution in [1.29, 1.82) is 0 Å². The predicted molar refractivity (Wildman–Crippen MR) is 87.4 cm³/mol. The van der Waals surface area contributed by atoms with Crippen LogP contribution in [0.2, 0.25) is 0 Å². The minimum absolute atomic E-state index is 0.163. The minimum Gasteiger partial charge on any atom is -0.857 e.